The number of morpholine rings is 1. The molecule has 3 amide bonds. The molecule has 158 valence electrons. The van der Waals surface area contributed by atoms with Gasteiger partial charge in [-0.05, 0) is 18.9 Å². The Morgan fingerprint density at radius 2 is 1.83 bits per heavy atom. The maximum absolute atomic E-state index is 13.8. The number of ether oxygens (including phenoxy) is 1. The zero-order chi connectivity index (χ0) is 20.4. The number of carbonyl (C=O) groups excluding carboxylic acids is 2. The van der Waals surface area contributed by atoms with E-state index in [1.54, 1.807) is 37.5 Å². The molecule has 4 heterocycles. The van der Waals surface area contributed by atoms with Crippen LogP contribution in [0.15, 0.2) is 18.5 Å². The van der Waals surface area contributed by atoms with Crippen LogP contribution in [0.5, 0.6) is 0 Å². The van der Waals surface area contributed by atoms with Gasteiger partial charge in [-0.25, -0.2) is 14.8 Å². The molecule has 3 aliphatic heterocycles. The highest BCUT2D eigenvalue weighted by atomic mass is 16.5. The topological polar surface area (TPSA) is 82.1 Å². The number of hydrogen-bond acceptors (Lipinski definition) is 6. The van der Waals surface area contributed by atoms with E-state index < -0.39 is 5.41 Å². The largest absolute Gasteiger partial charge is 0.378 e. The van der Waals surface area contributed by atoms with E-state index in [1.807, 2.05) is 9.80 Å². The molecule has 2 atom stereocenters. The molecular formula is C20H30N6O3. The molecule has 0 spiro atoms. The fourth-order valence-electron chi connectivity index (χ4n) is 4.93. The lowest BCUT2D eigenvalue weighted by molar-refractivity contribution is -0.148. The van der Waals surface area contributed by atoms with Gasteiger partial charge in [0, 0.05) is 71.7 Å². The van der Waals surface area contributed by atoms with Crippen LogP contribution in [-0.2, 0) is 9.53 Å². The monoisotopic (exact) mass is 402 g/mol. The zero-order valence-electron chi connectivity index (χ0n) is 17.3. The summed E-state index contributed by atoms with van der Waals surface area (Å²) in [6, 6.07) is 1.80. The van der Waals surface area contributed by atoms with Gasteiger partial charge in [-0.1, -0.05) is 0 Å². The first-order chi connectivity index (χ1) is 14.0. The second-order valence-electron chi connectivity index (χ2n) is 8.41. The Hall–Kier alpha value is -2.42. The average molecular weight is 402 g/mol. The van der Waals surface area contributed by atoms with Crippen molar-refractivity contribution in [3.05, 3.63) is 18.5 Å². The van der Waals surface area contributed by atoms with Crippen molar-refractivity contribution in [2.75, 3.05) is 71.5 Å². The molecule has 9 heteroatoms. The maximum atomic E-state index is 13.8. The van der Waals surface area contributed by atoms with Crippen LogP contribution in [0.25, 0.3) is 0 Å². The molecule has 0 aromatic carbocycles. The first-order valence-corrected chi connectivity index (χ1v) is 10.4. The summed E-state index contributed by atoms with van der Waals surface area (Å²) < 4.78 is 5.45. The van der Waals surface area contributed by atoms with Crippen LogP contribution in [0.3, 0.4) is 0 Å². The Morgan fingerprint density at radius 1 is 1.10 bits per heavy atom. The van der Waals surface area contributed by atoms with Gasteiger partial charge in [0.25, 0.3) is 0 Å². The fraction of sp³-hybridized carbons (Fsp3) is 0.700. The number of hydrogen-bond donors (Lipinski definition) is 0. The molecule has 3 aliphatic rings. The summed E-state index contributed by atoms with van der Waals surface area (Å²) in [6.45, 7) is 4.99. The number of urea groups is 1. The maximum Gasteiger partial charge on any atom is 0.319 e. The highest BCUT2D eigenvalue weighted by Crippen LogP contribution is 2.45. The summed E-state index contributed by atoms with van der Waals surface area (Å²) in [6.07, 6.45) is 5.05. The fourth-order valence-corrected chi connectivity index (χ4v) is 4.93. The summed E-state index contributed by atoms with van der Waals surface area (Å²) >= 11 is 0. The van der Waals surface area contributed by atoms with Crippen molar-refractivity contribution in [1.82, 2.24) is 24.7 Å². The van der Waals surface area contributed by atoms with Gasteiger partial charge < -0.3 is 24.3 Å². The molecule has 1 aromatic heterocycles. The van der Waals surface area contributed by atoms with Gasteiger partial charge in [-0.15, -0.1) is 0 Å². The summed E-state index contributed by atoms with van der Waals surface area (Å²) in [7, 11) is 3.55. The molecule has 0 radical (unpaired) electrons. The van der Waals surface area contributed by atoms with Crippen molar-refractivity contribution in [1.29, 1.82) is 0 Å². The van der Waals surface area contributed by atoms with Gasteiger partial charge in [-0.3, -0.25) is 4.79 Å². The minimum absolute atomic E-state index is 0.00836. The Balaban J connectivity index is 1.64. The van der Waals surface area contributed by atoms with E-state index in [0.29, 0.717) is 58.4 Å². The first-order valence-electron chi connectivity index (χ1n) is 10.4. The van der Waals surface area contributed by atoms with Crippen molar-refractivity contribution in [3.63, 3.8) is 0 Å². The molecule has 0 unspecified atom stereocenters. The molecule has 4 rings (SSSR count). The minimum atomic E-state index is -0.516. The van der Waals surface area contributed by atoms with E-state index in [9.17, 15) is 9.59 Å². The number of rotatable bonds is 2. The van der Waals surface area contributed by atoms with Crippen molar-refractivity contribution < 1.29 is 14.3 Å². The molecule has 9 nitrogen and oxygen atoms in total. The summed E-state index contributed by atoms with van der Waals surface area (Å²) in [5, 5.41) is 0. The van der Waals surface area contributed by atoms with Gasteiger partial charge in [0.05, 0.1) is 18.6 Å². The molecule has 3 saturated heterocycles. The molecule has 0 N–H and O–H groups in total. The van der Waals surface area contributed by atoms with Crippen molar-refractivity contribution in [3.8, 4) is 0 Å². The van der Waals surface area contributed by atoms with Crippen LogP contribution >= 0.6 is 0 Å². The van der Waals surface area contributed by atoms with Crippen LogP contribution < -0.4 is 4.90 Å². The predicted molar refractivity (Wildman–Crippen MR) is 107 cm³/mol. The number of aromatic nitrogens is 2. The second-order valence-corrected chi connectivity index (χ2v) is 8.41. The third kappa shape index (κ3) is 3.75. The molecule has 0 bridgehead atoms. The second kappa shape index (κ2) is 8.14. The molecule has 3 fully saturated rings. The van der Waals surface area contributed by atoms with Crippen molar-refractivity contribution in [2.24, 2.45) is 11.3 Å². The number of fused-ring (bicyclic) bond motifs is 1. The molecule has 0 aliphatic carbocycles. The van der Waals surface area contributed by atoms with Gasteiger partial charge >= 0.3 is 6.03 Å². The minimum Gasteiger partial charge on any atom is -0.378 e. The Labute approximate surface area is 171 Å². The smallest absolute Gasteiger partial charge is 0.319 e. The van der Waals surface area contributed by atoms with Gasteiger partial charge in [0.2, 0.25) is 11.9 Å². The standard InChI is InChI=1S/C20H30N6O3/c1-23(2)19(28)25-8-3-5-20(17(27)24-9-11-29-12-10-24)15-26(14-16(20)13-25)18-21-6-4-7-22-18/h4,6-7,16H,3,5,8-15H2,1-2H3/t16-,20-/m0/s1. The Morgan fingerprint density at radius 3 is 2.52 bits per heavy atom. The number of likely N-dealkylation sites (tertiary alicyclic amines) is 1. The lowest BCUT2D eigenvalue weighted by Crippen LogP contribution is -2.53. The Kier molecular flexibility index (Phi) is 5.58. The highest BCUT2D eigenvalue weighted by molar-refractivity contribution is 5.85. The molecule has 0 saturated carbocycles. The third-order valence-corrected chi connectivity index (χ3v) is 6.40. The van der Waals surface area contributed by atoms with E-state index in [2.05, 4.69) is 14.9 Å². The number of carbonyl (C=O) groups is 2. The van der Waals surface area contributed by atoms with E-state index in [0.717, 1.165) is 12.8 Å². The van der Waals surface area contributed by atoms with Gasteiger partial charge in [-0.2, -0.15) is 0 Å². The lowest BCUT2D eigenvalue weighted by Gasteiger charge is -2.38. The molecule has 1 aromatic rings. The summed E-state index contributed by atoms with van der Waals surface area (Å²) in [5.74, 6) is 0.900. The van der Waals surface area contributed by atoms with Crippen LogP contribution in [0, 0.1) is 11.3 Å². The van der Waals surface area contributed by atoms with E-state index in [-0.39, 0.29) is 17.9 Å². The highest BCUT2D eigenvalue weighted by Gasteiger charge is 2.55. The van der Waals surface area contributed by atoms with Crippen LogP contribution in [-0.4, -0.2) is 103 Å². The van der Waals surface area contributed by atoms with E-state index in [1.165, 1.54) is 0 Å². The van der Waals surface area contributed by atoms with Crippen molar-refractivity contribution >= 4 is 17.9 Å². The van der Waals surface area contributed by atoms with Crippen LogP contribution in [0.2, 0.25) is 0 Å². The van der Waals surface area contributed by atoms with Gasteiger partial charge in [0.15, 0.2) is 0 Å². The molecular weight excluding hydrogens is 372 g/mol. The predicted octanol–water partition coefficient (Wildman–Crippen LogP) is 0.535. The van der Waals surface area contributed by atoms with Gasteiger partial charge in [0.1, 0.15) is 0 Å². The summed E-state index contributed by atoms with van der Waals surface area (Å²) in [4.78, 5) is 42.9. The summed E-state index contributed by atoms with van der Waals surface area (Å²) in [5.41, 5.74) is -0.516. The van der Waals surface area contributed by atoms with E-state index >= 15 is 0 Å². The normalized spacial score (nSPS) is 27.4. The number of nitrogens with zero attached hydrogens (tertiary/aromatic N) is 6. The number of amides is 3. The van der Waals surface area contributed by atoms with Crippen LogP contribution in [0.4, 0.5) is 10.7 Å². The van der Waals surface area contributed by atoms with E-state index in [4.69, 9.17) is 4.74 Å². The number of anilines is 1. The lowest BCUT2D eigenvalue weighted by atomic mass is 9.73. The van der Waals surface area contributed by atoms with Crippen molar-refractivity contribution in [2.45, 2.75) is 12.8 Å². The SMILES string of the molecule is CN(C)C(=O)N1CCC[C@]2(C(=O)N3CCOCC3)CN(c3ncccn3)C[C@@H]2C1. The Bertz CT molecular complexity index is 739. The average Bonchev–Trinajstić information content (AvgIpc) is 3.02. The van der Waals surface area contributed by atoms with Crippen LogP contribution in [0.1, 0.15) is 12.8 Å². The first kappa shape index (κ1) is 19.9. The molecule has 29 heavy (non-hydrogen) atoms. The quantitative estimate of drug-likeness (QED) is 0.718. The zero-order valence-corrected chi connectivity index (χ0v) is 17.3. The third-order valence-electron chi connectivity index (χ3n) is 6.40.